The first-order chi connectivity index (χ1) is 5.77. The fraction of sp³-hybridized carbons (Fsp3) is 0.143. The predicted molar refractivity (Wildman–Crippen MR) is 38.8 cm³/mol. The van der Waals surface area contributed by atoms with E-state index in [1.807, 2.05) is 0 Å². The third-order valence-corrected chi connectivity index (χ3v) is 1.22. The Bertz CT molecular complexity index is 311. The largest absolute Gasteiger partial charge is 0.465 e. The van der Waals surface area contributed by atoms with Crippen LogP contribution in [0.4, 0.5) is 0 Å². The number of esters is 1. The first-order valence-corrected chi connectivity index (χ1v) is 3.14. The summed E-state index contributed by atoms with van der Waals surface area (Å²) in [7, 11) is 1.25. The van der Waals surface area contributed by atoms with E-state index in [9.17, 15) is 9.59 Å². The summed E-state index contributed by atoms with van der Waals surface area (Å²) in [6, 6.07) is 1.31. The molecule has 5 nitrogen and oxygen atoms in total. The van der Waals surface area contributed by atoms with Crippen LogP contribution in [0, 0.1) is 0 Å². The Balaban J connectivity index is 3.01. The Morgan fingerprint density at radius 1 is 1.67 bits per heavy atom. The normalized spacial score (nSPS) is 9.08. The lowest BCUT2D eigenvalue weighted by molar-refractivity contribution is 0.0600. The van der Waals surface area contributed by atoms with Gasteiger partial charge in [0.1, 0.15) is 5.69 Å². The first-order valence-electron chi connectivity index (χ1n) is 3.14. The monoisotopic (exact) mass is 166 g/mol. The van der Waals surface area contributed by atoms with Gasteiger partial charge in [0.2, 0.25) is 0 Å². The van der Waals surface area contributed by atoms with Crippen molar-refractivity contribution in [3.05, 3.63) is 23.5 Å². The minimum atomic E-state index is -0.534. The van der Waals surface area contributed by atoms with Crippen molar-refractivity contribution in [3.8, 4) is 0 Å². The molecule has 0 aliphatic carbocycles. The molecule has 1 aromatic rings. The Kier molecular flexibility index (Phi) is 2.47. The van der Waals surface area contributed by atoms with Gasteiger partial charge in [-0.15, -0.1) is 5.10 Å². The van der Waals surface area contributed by atoms with E-state index >= 15 is 0 Å². The summed E-state index contributed by atoms with van der Waals surface area (Å²) in [5, 5.41) is 6.89. The summed E-state index contributed by atoms with van der Waals surface area (Å²) in [6.07, 6.45) is 1.75. The van der Waals surface area contributed by atoms with Crippen molar-refractivity contribution >= 4 is 12.3 Å². The molecule has 1 aromatic heterocycles. The number of hydrogen-bond acceptors (Lipinski definition) is 5. The SMILES string of the molecule is COC(=O)c1cnnc(C=O)c1. The second kappa shape index (κ2) is 3.56. The number of aldehydes is 1. The van der Waals surface area contributed by atoms with Gasteiger partial charge in [-0.1, -0.05) is 0 Å². The van der Waals surface area contributed by atoms with Crippen molar-refractivity contribution in [2.24, 2.45) is 0 Å². The molecule has 1 heterocycles. The molecule has 0 amide bonds. The van der Waals surface area contributed by atoms with Gasteiger partial charge >= 0.3 is 5.97 Å². The maximum absolute atomic E-state index is 10.9. The van der Waals surface area contributed by atoms with Crippen LogP contribution >= 0.6 is 0 Å². The van der Waals surface area contributed by atoms with Crippen molar-refractivity contribution < 1.29 is 14.3 Å². The smallest absolute Gasteiger partial charge is 0.339 e. The van der Waals surface area contributed by atoms with Crippen LogP contribution in [0.3, 0.4) is 0 Å². The summed E-state index contributed by atoms with van der Waals surface area (Å²) in [6.45, 7) is 0. The molecule has 0 saturated heterocycles. The van der Waals surface area contributed by atoms with E-state index in [0.717, 1.165) is 0 Å². The minimum absolute atomic E-state index is 0.109. The van der Waals surface area contributed by atoms with Crippen LogP contribution < -0.4 is 0 Å². The summed E-state index contributed by atoms with van der Waals surface area (Å²) in [5.41, 5.74) is 0.326. The third-order valence-electron chi connectivity index (χ3n) is 1.22. The van der Waals surface area contributed by atoms with Crippen molar-refractivity contribution in [3.63, 3.8) is 0 Å². The van der Waals surface area contributed by atoms with E-state index in [4.69, 9.17) is 0 Å². The highest BCUT2D eigenvalue weighted by atomic mass is 16.5. The number of aromatic nitrogens is 2. The summed E-state index contributed by atoms with van der Waals surface area (Å²) in [4.78, 5) is 21.1. The van der Waals surface area contributed by atoms with Crippen LogP contribution in [-0.4, -0.2) is 29.6 Å². The van der Waals surface area contributed by atoms with Gasteiger partial charge in [0.25, 0.3) is 0 Å². The molecular weight excluding hydrogens is 160 g/mol. The Labute approximate surface area is 68.4 Å². The molecule has 0 spiro atoms. The average molecular weight is 166 g/mol. The van der Waals surface area contributed by atoms with Gasteiger partial charge in [0.15, 0.2) is 6.29 Å². The van der Waals surface area contributed by atoms with Gasteiger partial charge in [0, 0.05) is 0 Å². The molecule has 1 rings (SSSR count). The summed E-state index contributed by atoms with van der Waals surface area (Å²) in [5.74, 6) is -0.534. The lowest BCUT2D eigenvalue weighted by Crippen LogP contribution is -2.04. The molecule has 12 heavy (non-hydrogen) atoms. The number of rotatable bonds is 2. The number of carbonyl (C=O) groups excluding carboxylic acids is 2. The first kappa shape index (κ1) is 8.32. The summed E-state index contributed by atoms with van der Waals surface area (Å²) >= 11 is 0. The van der Waals surface area contributed by atoms with Gasteiger partial charge < -0.3 is 4.74 Å². The molecule has 5 heteroatoms. The topological polar surface area (TPSA) is 69.2 Å². The fourth-order valence-corrected chi connectivity index (χ4v) is 0.670. The van der Waals surface area contributed by atoms with Gasteiger partial charge in [-0.3, -0.25) is 4.79 Å². The summed E-state index contributed by atoms with van der Waals surface area (Å²) < 4.78 is 4.41. The van der Waals surface area contributed by atoms with Crippen LogP contribution in [0.1, 0.15) is 20.8 Å². The highest BCUT2D eigenvalue weighted by Gasteiger charge is 2.06. The average Bonchev–Trinajstić information content (AvgIpc) is 2.17. The van der Waals surface area contributed by atoms with E-state index in [-0.39, 0.29) is 11.3 Å². The maximum atomic E-state index is 10.9. The predicted octanol–water partition coefficient (Wildman–Crippen LogP) is 0.0757. The van der Waals surface area contributed by atoms with Gasteiger partial charge in [-0.2, -0.15) is 5.10 Å². The third kappa shape index (κ3) is 1.63. The zero-order valence-corrected chi connectivity index (χ0v) is 6.35. The van der Waals surface area contributed by atoms with E-state index in [0.29, 0.717) is 6.29 Å². The van der Waals surface area contributed by atoms with Gasteiger partial charge in [-0.25, -0.2) is 4.79 Å². The van der Waals surface area contributed by atoms with E-state index < -0.39 is 5.97 Å². The number of hydrogen-bond donors (Lipinski definition) is 0. The van der Waals surface area contributed by atoms with E-state index in [1.165, 1.54) is 19.4 Å². The van der Waals surface area contributed by atoms with E-state index in [2.05, 4.69) is 14.9 Å². The highest BCUT2D eigenvalue weighted by molar-refractivity contribution is 5.90. The quantitative estimate of drug-likeness (QED) is 0.459. The second-order valence-corrected chi connectivity index (χ2v) is 1.98. The van der Waals surface area contributed by atoms with Crippen LogP contribution in [0.15, 0.2) is 12.3 Å². The van der Waals surface area contributed by atoms with Crippen molar-refractivity contribution in [1.29, 1.82) is 0 Å². The molecule has 0 aromatic carbocycles. The molecule has 62 valence electrons. The number of methoxy groups -OCH3 is 1. The van der Waals surface area contributed by atoms with Crippen molar-refractivity contribution in [1.82, 2.24) is 10.2 Å². The molecule has 0 radical (unpaired) electrons. The molecule has 0 atom stereocenters. The number of nitrogens with zero attached hydrogens (tertiary/aromatic N) is 2. The molecule has 0 bridgehead atoms. The van der Waals surface area contributed by atoms with Crippen LogP contribution in [-0.2, 0) is 4.74 Å². The van der Waals surface area contributed by atoms with Gasteiger partial charge in [0.05, 0.1) is 18.9 Å². The number of ether oxygens (including phenoxy) is 1. The minimum Gasteiger partial charge on any atom is -0.465 e. The van der Waals surface area contributed by atoms with E-state index in [1.54, 1.807) is 0 Å². The van der Waals surface area contributed by atoms with Crippen molar-refractivity contribution in [2.75, 3.05) is 7.11 Å². The Morgan fingerprint density at radius 3 is 3.00 bits per heavy atom. The van der Waals surface area contributed by atoms with Crippen LogP contribution in [0.25, 0.3) is 0 Å². The lowest BCUT2D eigenvalue weighted by atomic mass is 10.3. The van der Waals surface area contributed by atoms with Crippen LogP contribution in [0.5, 0.6) is 0 Å². The van der Waals surface area contributed by atoms with Crippen LogP contribution in [0.2, 0.25) is 0 Å². The Morgan fingerprint density at radius 2 is 2.42 bits per heavy atom. The maximum Gasteiger partial charge on any atom is 0.339 e. The van der Waals surface area contributed by atoms with Crippen molar-refractivity contribution in [2.45, 2.75) is 0 Å². The second-order valence-electron chi connectivity index (χ2n) is 1.98. The fourth-order valence-electron chi connectivity index (χ4n) is 0.670. The molecule has 0 saturated carbocycles. The Hall–Kier alpha value is -1.78. The van der Waals surface area contributed by atoms with Gasteiger partial charge in [-0.05, 0) is 6.07 Å². The zero-order chi connectivity index (χ0) is 8.97. The molecule has 0 aliphatic rings. The number of carbonyl (C=O) groups is 2. The lowest BCUT2D eigenvalue weighted by Gasteiger charge is -1.96. The highest BCUT2D eigenvalue weighted by Crippen LogP contribution is 1.98. The molecular formula is C7H6N2O3. The standard InChI is InChI=1S/C7H6N2O3/c1-12-7(11)5-2-6(4-10)9-8-3-5/h2-4H,1H3. The molecule has 0 aliphatic heterocycles. The molecule has 0 fully saturated rings. The molecule has 0 N–H and O–H groups in total. The molecule has 0 unspecified atom stereocenters. The zero-order valence-electron chi connectivity index (χ0n) is 6.35.